The summed E-state index contributed by atoms with van der Waals surface area (Å²) in [6.45, 7) is 12.2. The molecule has 0 aromatic heterocycles. The van der Waals surface area contributed by atoms with Crippen LogP contribution in [0.2, 0.25) is 0 Å². The van der Waals surface area contributed by atoms with E-state index in [1.54, 1.807) is 0 Å². The van der Waals surface area contributed by atoms with Crippen LogP contribution >= 0.6 is 0 Å². The number of likely N-dealkylation sites (N-methyl/N-ethyl adjacent to an activating group) is 1. The average molecular weight is 410 g/mol. The van der Waals surface area contributed by atoms with E-state index in [0.717, 1.165) is 45.1 Å². The molecule has 0 spiro atoms. The second-order valence-electron chi connectivity index (χ2n) is 9.25. The van der Waals surface area contributed by atoms with Gasteiger partial charge >= 0.3 is 0 Å². The molecule has 162 valence electrons. The molecule has 1 heterocycles. The third-order valence-corrected chi connectivity index (χ3v) is 5.43. The smallest absolute Gasteiger partial charge is 0.238 e. The van der Waals surface area contributed by atoms with Crippen LogP contribution in [0, 0.1) is 0 Å². The first-order valence-corrected chi connectivity index (χ1v) is 10.8. The lowest BCUT2D eigenvalue weighted by Crippen LogP contribution is -2.35. The Hall–Kier alpha value is -2.21. The molecule has 0 radical (unpaired) electrons. The van der Waals surface area contributed by atoms with E-state index in [2.05, 4.69) is 67.4 Å². The number of hydrogen-bond donors (Lipinski definition) is 1. The lowest BCUT2D eigenvalue weighted by Gasteiger charge is -2.26. The topological polar surface area (TPSA) is 44.8 Å². The number of hydrogen-bond acceptors (Lipinski definition) is 4. The Balaban J connectivity index is 1.45. The van der Waals surface area contributed by atoms with E-state index in [1.807, 2.05) is 24.1 Å². The van der Waals surface area contributed by atoms with Gasteiger partial charge in [0.1, 0.15) is 0 Å². The molecule has 1 amide bonds. The molecule has 1 N–H and O–H groups in total. The number of morpholine rings is 1. The van der Waals surface area contributed by atoms with Gasteiger partial charge in [-0.2, -0.15) is 0 Å². The molecule has 3 rings (SSSR count). The molecule has 1 fully saturated rings. The fraction of sp³-hybridized carbons (Fsp3) is 0.480. The molecule has 0 bridgehead atoms. The van der Waals surface area contributed by atoms with Crippen molar-refractivity contribution in [1.82, 2.24) is 9.80 Å². The van der Waals surface area contributed by atoms with Crippen LogP contribution in [0.15, 0.2) is 48.5 Å². The van der Waals surface area contributed by atoms with Crippen LogP contribution in [0.5, 0.6) is 0 Å². The van der Waals surface area contributed by atoms with E-state index in [1.165, 1.54) is 16.7 Å². The van der Waals surface area contributed by atoms with E-state index < -0.39 is 0 Å². The number of ether oxygens (including phenoxy) is 1. The molecule has 5 nitrogen and oxygen atoms in total. The van der Waals surface area contributed by atoms with Gasteiger partial charge in [-0.3, -0.25) is 14.6 Å². The summed E-state index contributed by atoms with van der Waals surface area (Å²) in [6.07, 6.45) is 0. The van der Waals surface area contributed by atoms with E-state index in [0.29, 0.717) is 6.54 Å². The molecule has 0 saturated carbocycles. The number of benzene rings is 2. The van der Waals surface area contributed by atoms with Crippen LogP contribution in [0.25, 0.3) is 0 Å². The molecule has 1 aliphatic rings. The van der Waals surface area contributed by atoms with Crippen molar-refractivity contribution in [2.75, 3.05) is 45.2 Å². The van der Waals surface area contributed by atoms with E-state index >= 15 is 0 Å². The lowest BCUT2D eigenvalue weighted by molar-refractivity contribution is -0.117. The number of anilines is 1. The molecule has 2 aromatic rings. The first kappa shape index (κ1) is 22.5. The Labute approximate surface area is 181 Å². The summed E-state index contributed by atoms with van der Waals surface area (Å²) in [7, 11) is 1.97. The van der Waals surface area contributed by atoms with Gasteiger partial charge in [0.25, 0.3) is 0 Å². The molecule has 1 aliphatic heterocycles. The largest absolute Gasteiger partial charge is 0.379 e. The minimum absolute atomic E-state index is 0.00439. The van der Waals surface area contributed by atoms with Gasteiger partial charge in [-0.1, -0.05) is 57.2 Å². The molecular weight excluding hydrogens is 374 g/mol. The molecule has 0 aliphatic carbocycles. The SMILES string of the molecule is CN(CC(=O)Nc1ccc(CN2CCOCC2)cc1)Cc1ccc(C(C)(C)C)cc1. The Morgan fingerprint density at radius 3 is 2.20 bits per heavy atom. The number of amides is 1. The van der Waals surface area contributed by atoms with Crippen molar-refractivity contribution in [2.45, 2.75) is 39.3 Å². The van der Waals surface area contributed by atoms with Gasteiger partial charge in [-0.15, -0.1) is 0 Å². The van der Waals surface area contributed by atoms with Crippen molar-refractivity contribution in [1.29, 1.82) is 0 Å². The maximum absolute atomic E-state index is 12.4. The van der Waals surface area contributed by atoms with Gasteiger partial charge in [-0.25, -0.2) is 0 Å². The van der Waals surface area contributed by atoms with Crippen LogP contribution in [0.1, 0.15) is 37.5 Å². The predicted molar refractivity (Wildman–Crippen MR) is 123 cm³/mol. The van der Waals surface area contributed by atoms with Gasteiger partial charge in [0.2, 0.25) is 5.91 Å². The zero-order chi connectivity index (χ0) is 21.6. The Bertz CT molecular complexity index is 804. The monoisotopic (exact) mass is 409 g/mol. The third kappa shape index (κ3) is 6.94. The number of nitrogens with one attached hydrogen (secondary N) is 1. The number of carbonyl (C=O) groups excluding carboxylic acids is 1. The lowest BCUT2D eigenvalue weighted by atomic mass is 9.87. The Morgan fingerprint density at radius 1 is 1.00 bits per heavy atom. The molecule has 0 atom stereocenters. The fourth-order valence-electron chi connectivity index (χ4n) is 3.63. The van der Waals surface area contributed by atoms with Gasteiger partial charge in [0.05, 0.1) is 19.8 Å². The molecule has 30 heavy (non-hydrogen) atoms. The summed E-state index contributed by atoms with van der Waals surface area (Å²) in [4.78, 5) is 16.9. The van der Waals surface area contributed by atoms with Crippen LogP contribution in [-0.4, -0.2) is 55.6 Å². The van der Waals surface area contributed by atoms with Crippen molar-refractivity contribution in [3.63, 3.8) is 0 Å². The maximum Gasteiger partial charge on any atom is 0.238 e. The predicted octanol–water partition coefficient (Wildman–Crippen LogP) is 3.89. The summed E-state index contributed by atoms with van der Waals surface area (Å²) in [6, 6.07) is 16.8. The Morgan fingerprint density at radius 2 is 1.60 bits per heavy atom. The third-order valence-electron chi connectivity index (χ3n) is 5.43. The number of nitrogens with zero attached hydrogens (tertiary/aromatic N) is 2. The molecule has 1 saturated heterocycles. The van der Waals surface area contributed by atoms with Crippen LogP contribution < -0.4 is 5.32 Å². The molecular formula is C25H35N3O2. The van der Waals surface area contributed by atoms with Gasteiger partial charge in [0.15, 0.2) is 0 Å². The minimum Gasteiger partial charge on any atom is -0.379 e. The second kappa shape index (κ2) is 10.2. The highest BCUT2D eigenvalue weighted by Crippen LogP contribution is 2.22. The maximum atomic E-state index is 12.4. The highest BCUT2D eigenvalue weighted by molar-refractivity contribution is 5.92. The Kier molecular flexibility index (Phi) is 7.64. The highest BCUT2D eigenvalue weighted by atomic mass is 16.5. The van der Waals surface area contributed by atoms with Crippen LogP contribution in [0.3, 0.4) is 0 Å². The molecule has 2 aromatic carbocycles. The zero-order valence-corrected chi connectivity index (χ0v) is 18.8. The summed E-state index contributed by atoms with van der Waals surface area (Å²) < 4.78 is 5.39. The fourth-order valence-corrected chi connectivity index (χ4v) is 3.63. The van der Waals surface area contributed by atoms with Crippen LogP contribution in [-0.2, 0) is 28.0 Å². The summed E-state index contributed by atoms with van der Waals surface area (Å²) in [5.74, 6) is 0.00439. The van der Waals surface area contributed by atoms with Crippen molar-refractivity contribution < 1.29 is 9.53 Å². The minimum atomic E-state index is 0.00439. The average Bonchev–Trinajstić information content (AvgIpc) is 2.70. The van der Waals surface area contributed by atoms with Crippen molar-refractivity contribution >= 4 is 11.6 Å². The molecule has 5 heteroatoms. The van der Waals surface area contributed by atoms with Crippen molar-refractivity contribution in [3.8, 4) is 0 Å². The van der Waals surface area contributed by atoms with Gasteiger partial charge in [0, 0.05) is 31.9 Å². The highest BCUT2D eigenvalue weighted by Gasteiger charge is 2.14. The van der Waals surface area contributed by atoms with Gasteiger partial charge in [-0.05, 0) is 41.3 Å². The summed E-state index contributed by atoms with van der Waals surface area (Å²) in [5, 5.41) is 3.00. The standard InChI is InChI=1S/C25H35N3O2/c1-25(2,3)22-9-5-20(6-10-22)17-27(4)19-24(29)26-23-11-7-21(8-12-23)18-28-13-15-30-16-14-28/h5-12H,13-19H2,1-4H3,(H,26,29). The van der Waals surface area contributed by atoms with Gasteiger partial charge < -0.3 is 10.1 Å². The van der Waals surface area contributed by atoms with E-state index in [-0.39, 0.29) is 11.3 Å². The first-order valence-electron chi connectivity index (χ1n) is 10.8. The summed E-state index contributed by atoms with van der Waals surface area (Å²) in [5.41, 5.74) is 4.79. The number of carbonyl (C=O) groups is 1. The summed E-state index contributed by atoms with van der Waals surface area (Å²) >= 11 is 0. The normalized spacial score (nSPS) is 15.4. The van der Waals surface area contributed by atoms with E-state index in [4.69, 9.17) is 4.74 Å². The van der Waals surface area contributed by atoms with Crippen LogP contribution in [0.4, 0.5) is 5.69 Å². The van der Waals surface area contributed by atoms with E-state index in [9.17, 15) is 4.79 Å². The first-order chi connectivity index (χ1) is 14.3. The number of rotatable bonds is 7. The van der Waals surface area contributed by atoms with Crippen molar-refractivity contribution in [3.05, 3.63) is 65.2 Å². The zero-order valence-electron chi connectivity index (χ0n) is 18.8. The quantitative estimate of drug-likeness (QED) is 0.754. The van der Waals surface area contributed by atoms with Crippen molar-refractivity contribution in [2.24, 2.45) is 0 Å². The molecule has 0 unspecified atom stereocenters. The second-order valence-corrected chi connectivity index (χ2v) is 9.25.